The predicted molar refractivity (Wildman–Crippen MR) is 107 cm³/mol. The molecule has 1 saturated heterocycles. The smallest absolute Gasteiger partial charge is 0.410 e. The Balaban J connectivity index is 2.28. The van der Waals surface area contributed by atoms with Crippen LogP contribution in [0.3, 0.4) is 0 Å². The van der Waals surface area contributed by atoms with E-state index in [-0.39, 0.29) is 6.09 Å². The van der Waals surface area contributed by atoms with Crippen molar-refractivity contribution in [2.45, 2.75) is 136 Å². The number of hydrogen-bond acceptors (Lipinski definition) is 2. The Kier molecular flexibility index (Phi) is 10.5. The van der Waals surface area contributed by atoms with E-state index in [9.17, 15) is 4.79 Å². The topological polar surface area (TPSA) is 29.5 Å². The summed E-state index contributed by atoms with van der Waals surface area (Å²) in [5.74, 6) is 0. The van der Waals surface area contributed by atoms with Gasteiger partial charge in [-0.25, -0.2) is 4.79 Å². The molecular weight excluding hydrogens is 310 g/mol. The number of unbranched alkanes of at least 4 members (excludes halogenated alkanes) is 8. The van der Waals surface area contributed by atoms with E-state index in [2.05, 4.69) is 13.8 Å². The maximum absolute atomic E-state index is 12.6. The third-order valence-corrected chi connectivity index (χ3v) is 5.27. The lowest BCUT2D eigenvalue weighted by atomic mass is 9.93. The number of nitrogens with zero attached hydrogens (tertiary/aromatic N) is 1. The fraction of sp³-hybridized carbons (Fsp3) is 0.955. The third kappa shape index (κ3) is 9.51. The molecule has 3 nitrogen and oxygen atoms in total. The van der Waals surface area contributed by atoms with E-state index in [1.807, 2.05) is 25.7 Å². The summed E-state index contributed by atoms with van der Waals surface area (Å²) in [5.41, 5.74) is -0.406. The van der Waals surface area contributed by atoms with Gasteiger partial charge in [0.15, 0.2) is 0 Å². The summed E-state index contributed by atoms with van der Waals surface area (Å²) < 4.78 is 5.66. The van der Waals surface area contributed by atoms with E-state index in [0.29, 0.717) is 12.1 Å². The number of amides is 1. The second kappa shape index (κ2) is 11.8. The lowest BCUT2D eigenvalue weighted by Crippen LogP contribution is -2.50. The first-order chi connectivity index (χ1) is 11.8. The summed E-state index contributed by atoms with van der Waals surface area (Å²) in [7, 11) is 0. The van der Waals surface area contributed by atoms with E-state index in [1.54, 1.807) is 0 Å². The molecule has 2 atom stereocenters. The van der Waals surface area contributed by atoms with Crippen LogP contribution in [0, 0.1) is 0 Å². The number of carbonyl (C=O) groups excluding carboxylic acids is 1. The Morgan fingerprint density at radius 2 is 1.52 bits per heavy atom. The summed E-state index contributed by atoms with van der Waals surface area (Å²) in [6, 6.07) is 0.690. The minimum Gasteiger partial charge on any atom is -0.444 e. The molecule has 0 aliphatic carbocycles. The van der Waals surface area contributed by atoms with Crippen molar-refractivity contribution in [3.8, 4) is 0 Å². The van der Waals surface area contributed by atoms with Gasteiger partial charge in [0.05, 0.1) is 0 Å². The number of likely N-dealkylation sites (tertiary alicyclic amines) is 1. The summed E-state index contributed by atoms with van der Waals surface area (Å²) in [4.78, 5) is 14.6. The van der Waals surface area contributed by atoms with Crippen molar-refractivity contribution in [2.24, 2.45) is 0 Å². The van der Waals surface area contributed by atoms with Gasteiger partial charge in [-0.15, -0.1) is 0 Å². The molecule has 1 fully saturated rings. The Labute approximate surface area is 156 Å². The molecule has 0 spiro atoms. The highest BCUT2D eigenvalue weighted by Crippen LogP contribution is 2.28. The zero-order chi connectivity index (χ0) is 18.7. The summed E-state index contributed by atoms with van der Waals surface area (Å²) in [6.45, 7) is 10.3. The maximum Gasteiger partial charge on any atom is 0.410 e. The molecule has 0 bridgehead atoms. The van der Waals surface area contributed by atoms with Crippen LogP contribution >= 0.6 is 0 Å². The predicted octanol–water partition coefficient (Wildman–Crippen LogP) is 7.09. The molecule has 0 aromatic rings. The van der Waals surface area contributed by atoms with Gasteiger partial charge >= 0.3 is 6.09 Å². The van der Waals surface area contributed by atoms with Gasteiger partial charge in [-0.2, -0.15) is 0 Å². The third-order valence-electron chi connectivity index (χ3n) is 5.27. The van der Waals surface area contributed by atoms with Crippen LogP contribution in [0.25, 0.3) is 0 Å². The van der Waals surface area contributed by atoms with Crippen LogP contribution < -0.4 is 0 Å². The fourth-order valence-corrected chi connectivity index (χ4v) is 3.90. The van der Waals surface area contributed by atoms with Crippen LogP contribution in [-0.4, -0.2) is 28.7 Å². The van der Waals surface area contributed by atoms with Gasteiger partial charge in [-0.1, -0.05) is 64.7 Å². The fourth-order valence-electron chi connectivity index (χ4n) is 3.90. The molecule has 25 heavy (non-hydrogen) atoms. The molecule has 1 heterocycles. The number of ether oxygens (including phenoxy) is 1. The maximum atomic E-state index is 12.6. The molecule has 1 aliphatic rings. The van der Waals surface area contributed by atoms with E-state index < -0.39 is 5.60 Å². The monoisotopic (exact) mass is 353 g/mol. The van der Waals surface area contributed by atoms with Crippen LogP contribution in [0.1, 0.15) is 118 Å². The van der Waals surface area contributed by atoms with Gasteiger partial charge in [-0.3, -0.25) is 0 Å². The average molecular weight is 354 g/mol. The normalized spacial score (nSPS) is 21.4. The van der Waals surface area contributed by atoms with Gasteiger partial charge in [0.25, 0.3) is 0 Å². The van der Waals surface area contributed by atoms with Crippen LogP contribution in [0.4, 0.5) is 4.79 Å². The largest absolute Gasteiger partial charge is 0.444 e. The molecule has 3 heteroatoms. The van der Waals surface area contributed by atoms with Crippen molar-refractivity contribution in [1.82, 2.24) is 4.90 Å². The number of carbonyl (C=O) groups is 1. The van der Waals surface area contributed by atoms with Crippen molar-refractivity contribution in [2.75, 3.05) is 0 Å². The SMILES string of the molecule is CCCCCCCCCCCC1CCC[C@@H](C)N1C(=O)OC(C)(C)C. The average Bonchev–Trinajstić information content (AvgIpc) is 2.51. The van der Waals surface area contributed by atoms with Crippen LogP contribution in [0.5, 0.6) is 0 Å². The molecular formula is C22H43NO2. The van der Waals surface area contributed by atoms with Crippen LogP contribution in [0.2, 0.25) is 0 Å². The van der Waals surface area contributed by atoms with Crippen molar-refractivity contribution in [3.63, 3.8) is 0 Å². The van der Waals surface area contributed by atoms with E-state index in [0.717, 1.165) is 19.3 Å². The van der Waals surface area contributed by atoms with Crippen LogP contribution in [-0.2, 0) is 4.74 Å². The minimum atomic E-state index is -0.406. The molecule has 0 N–H and O–H groups in total. The first kappa shape index (κ1) is 22.3. The van der Waals surface area contributed by atoms with E-state index in [4.69, 9.17) is 4.74 Å². The molecule has 148 valence electrons. The lowest BCUT2D eigenvalue weighted by Gasteiger charge is -2.41. The molecule has 0 aromatic carbocycles. The molecule has 1 unspecified atom stereocenters. The Bertz CT molecular complexity index is 362. The number of piperidine rings is 1. The quantitative estimate of drug-likeness (QED) is 0.392. The van der Waals surface area contributed by atoms with E-state index in [1.165, 1.54) is 64.2 Å². The van der Waals surface area contributed by atoms with Gasteiger partial charge in [0.1, 0.15) is 5.60 Å². The number of hydrogen-bond donors (Lipinski definition) is 0. The van der Waals surface area contributed by atoms with Crippen LogP contribution in [0.15, 0.2) is 0 Å². The Morgan fingerprint density at radius 3 is 2.08 bits per heavy atom. The first-order valence-electron chi connectivity index (χ1n) is 10.9. The zero-order valence-electron chi connectivity index (χ0n) is 17.6. The zero-order valence-corrected chi connectivity index (χ0v) is 17.6. The Morgan fingerprint density at radius 1 is 0.960 bits per heavy atom. The van der Waals surface area contributed by atoms with Gasteiger partial charge in [-0.05, 0) is 53.4 Å². The summed E-state index contributed by atoms with van der Waals surface area (Å²) in [5, 5.41) is 0. The highest BCUT2D eigenvalue weighted by Gasteiger charge is 2.34. The second-order valence-corrected chi connectivity index (χ2v) is 8.94. The van der Waals surface area contributed by atoms with Gasteiger partial charge in [0.2, 0.25) is 0 Å². The van der Waals surface area contributed by atoms with Gasteiger partial charge in [0, 0.05) is 12.1 Å². The summed E-state index contributed by atoms with van der Waals surface area (Å²) in [6.07, 6.45) is 16.7. The number of rotatable bonds is 10. The molecule has 1 aliphatic heterocycles. The van der Waals surface area contributed by atoms with Crippen molar-refractivity contribution in [3.05, 3.63) is 0 Å². The van der Waals surface area contributed by atoms with Crippen molar-refractivity contribution >= 4 is 6.09 Å². The second-order valence-electron chi connectivity index (χ2n) is 8.94. The van der Waals surface area contributed by atoms with Gasteiger partial charge < -0.3 is 9.64 Å². The molecule has 0 saturated carbocycles. The van der Waals surface area contributed by atoms with Crippen molar-refractivity contribution < 1.29 is 9.53 Å². The standard InChI is InChI=1S/C22H43NO2/c1-6-7-8-9-10-11-12-13-14-17-20-18-15-16-19(2)23(20)21(24)25-22(3,4)5/h19-20H,6-18H2,1-5H3/t19-,20?/m1/s1. The molecule has 0 radical (unpaired) electrons. The Hall–Kier alpha value is -0.730. The highest BCUT2D eigenvalue weighted by atomic mass is 16.6. The van der Waals surface area contributed by atoms with E-state index >= 15 is 0 Å². The summed E-state index contributed by atoms with van der Waals surface area (Å²) >= 11 is 0. The first-order valence-corrected chi connectivity index (χ1v) is 10.9. The molecule has 0 aromatic heterocycles. The molecule has 1 amide bonds. The minimum absolute atomic E-state index is 0.111. The van der Waals surface area contributed by atoms with Crippen molar-refractivity contribution in [1.29, 1.82) is 0 Å². The molecule has 1 rings (SSSR count). The highest BCUT2D eigenvalue weighted by molar-refractivity contribution is 5.69. The lowest BCUT2D eigenvalue weighted by molar-refractivity contribution is -0.00430.